The fourth-order valence-corrected chi connectivity index (χ4v) is 10.3. The molecule has 0 radical (unpaired) electrons. The van der Waals surface area contributed by atoms with Crippen molar-refractivity contribution in [1.29, 1.82) is 0 Å². The minimum Gasteiger partial charge on any atom is -0.310 e. The Kier molecular flexibility index (Phi) is 5.85. The zero-order valence-corrected chi connectivity index (χ0v) is 29.0. The van der Waals surface area contributed by atoms with Gasteiger partial charge in [-0.3, -0.25) is 0 Å². The number of anilines is 3. The fraction of sp³-hybridized carbons (Fsp3) is 0.0588. The van der Waals surface area contributed by atoms with Gasteiger partial charge in [0.15, 0.2) is 0 Å². The topological polar surface area (TPSA) is 8.17 Å². The molecule has 2 heteroatoms. The summed E-state index contributed by atoms with van der Waals surface area (Å²) in [6, 6.07) is 58.2. The number of fused-ring (bicyclic) bond motifs is 7. The average molecular weight is 675 g/mol. The van der Waals surface area contributed by atoms with E-state index in [4.69, 9.17) is 0 Å². The highest BCUT2D eigenvalue weighted by Gasteiger charge is 2.64. The maximum Gasteiger partial charge on any atom is 0.0561 e. The molecule has 7 aromatic carbocycles. The highest BCUT2D eigenvalue weighted by molar-refractivity contribution is 6.12. The summed E-state index contributed by atoms with van der Waals surface area (Å²) in [5, 5.41) is 5.22. The summed E-state index contributed by atoms with van der Waals surface area (Å²) < 4.78 is 2.42. The van der Waals surface area contributed by atoms with E-state index in [0.29, 0.717) is 11.8 Å². The van der Waals surface area contributed by atoms with Gasteiger partial charge in [0.2, 0.25) is 0 Å². The van der Waals surface area contributed by atoms with E-state index in [1.165, 1.54) is 66.1 Å². The molecule has 0 saturated heterocycles. The Morgan fingerprint density at radius 3 is 2.17 bits per heavy atom. The summed E-state index contributed by atoms with van der Waals surface area (Å²) >= 11 is 0. The molecule has 1 saturated carbocycles. The van der Waals surface area contributed by atoms with Gasteiger partial charge in [0.1, 0.15) is 0 Å². The summed E-state index contributed by atoms with van der Waals surface area (Å²) in [7, 11) is 0. The van der Waals surface area contributed by atoms with Crippen molar-refractivity contribution in [2.45, 2.75) is 5.41 Å². The molecule has 0 N–H and O–H groups in total. The van der Waals surface area contributed by atoms with Gasteiger partial charge in [0.25, 0.3) is 0 Å². The average Bonchev–Trinajstić information content (AvgIpc) is 3.55. The van der Waals surface area contributed by atoms with Crippen LogP contribution in [0.25, 0.3) is 49.4 Å². The zero-order valence-electron chi connectivity index (χ0n) is 29.0. The second-order valence-corrected chi connectivity index (χ2v) is 14.8. The predicted octanol–water partition coefficient (Wildman–Crippen LogP) is 12.9. The number of aromatic nitrogens is 1. The van der Waals surface area contributed by atoms with E-state index < -0.39 is 0 Å². The van der Waals surface area contributed by atoms with Crippen LogP contribution in [0.5, 0.6) is 0 Å². The molecule has 3 unspecified atom stereocenters. The van der Waals surface area contributed by atoms with Crippen LogP contribution in [-0.2, 0) is 5.41 Å². The second kappa shape index (κ2) is 10.7. The first kappa shape index (κ1) is 29.0. The van der Waals surface area contributed by atoms with Gasteiger partial charge in [-0.15, -0.1) is 0 Å². The van der Waals surface area contributed by atoms with Crippen LogP contribution in [0.15, 0.2) is 205 Å². The molecule has 4 aliphatic rings. The van der Waals surface area contributed by atoms with Crippen LogP contribution in [0.1, 0.15) is 11.1 Å². The standard InChI is InChI=1S/C51H34N2/c1-3-13-33(14-4-1)35-17-9-20-37(31-35)52(38-27-28-40-39-21-7-8-26-46(39)53(48(40)32-38)36-18-5-2-6-19-36)47-30-29-45-50-41(47)22-12-25-44(50)51(45)42-23-10-15-34-16-11-24-43(51)49(34)42/h1-32,42,49H. The number of benzene rings is 7. The van der Waals surface area contributed by atoms with Gasteiger partial charge >= 0.3 is 0 Å². The lowest BCUT2D eigenvalue weighted by Crippen LogP contribution is -2.59. The lowest BCUT2D eigenvalue weighted by molar-refractivity contribution is 0.233. The van der Waals surface area contributed by atoms with Crippen molar-refractivity contribution in [2.75, 3.05) is 4.90 Å². The van der Waals surface area contributed by atoms with Gasteiger partial charge in [0, 0.05) is 45.1 Å². The molecule has 1 aromatic heterocycles. The third kappa shape index (κ3) is 3.77. The molecule has 8 aromatic rings. The molecule has 3 atom stereocenters. The molecular formula is C51H34N2. The Bertz CT molecular complexity index is 2950. The molecule has 1 fully saturated rings. The normalized spacial score (nSPS) is 20.2. The van der Waals surface area contributed by atoms with E-state index in [0.717, 1.165) is 17.1 Å². The smallest absolute Gasteiger partial charge is 0.0561 e. The SMILES string of the molecule is C1=CC2=CC=CC3C2C(=C1)C31c2cccc3c(N(c4cccc(-c5ccccc5)c4)c4ccc5c6ccccc6n(-c6ccccc6)c5c4)ccc1c23. The quantitative estimate of drug-likeness (QED) is 0.176. The molecule has 248 valence electrons. The Morgan fingerprint density at radius 2 is 1.26 bits per heavy atom. The van der Waals surface area contributed by atoms with Crippen LogP contribution in [0.4, 0.5) is 17.1 Å². The van der Waals surface area contributed by atoms with E-state index in [1.54, 1.807) is 5.57 Å². The number of nitrogens with zero attached hydrogens (tertiary/aromatic N) is 2. The maximum atomic E-state index is 2.49. The van der Waals surface area contributed by atoms with Crippen molar-refractivity contribution in [3.8, 4) is 16.8 Å². The number of rotatable bonds is 5. The largest absolute Gasteiger partial charge is 0.310 e. The third-order valence-electron chi connectivity index (χ3n) is 12.4. The molecule has 0 bridgehead atoms. The van der Waals surface area contributed by atoms with Crippen LogP contribution < -0.4 is 4.90 Å². The van der Waals surface area contributed by atoms with Gasteiger partial charge in [-0.1, -0.05) is 146 Å². The van der Waals surface area contributed by atoms with Gasteiger partial charge in [0.05, 0.1) is 22.1 Å². The Balaban J connectivity index is 1.10. The maximum absolute atomic E-state index is 2.49. The summed E-state index contributed by atoms with van der Waals surface area (Å²) in [5.74, 6) is 0.956. The summed E-state index contributed by atoms with van der Waals surface area (Å²) in [6.45, 7) is 0. The predicted molar refractivity (Wildman–Crippen MR) is 221 cm³/mol. The van der Waals surface area contributed by atoms with Crippen molar-refractivity contribution in [1.82, 2.24) is 4.57 Å². The summed E-state index contributed by atoms with van der Waals surface area (Å²) in [4.78, 5) is 2.49. The van der Waals surface area contributed by atoms with Crippen molar-refractivity contribution in [3.63, 3.8) is 0 Å². The van der Waals surface area contributed by atoms with Crippen LogP contribution in [0.2, 0.25) is 0 Å². The summed E-state index contributed by atoms with van der Waals surface area (Å²) in [6.07, 6.45) is 14.0. The zero-order chi connectivity index (χ0) is 34.7. The number of hydrogen-bond acceptors (Lipinski definition) is 1. The van der Waals surface area contributed by atoms with E-state index in [9.17, 15) is 0 Å². The van der Waals surface area contributed by atoms with E-state index in [-0.39, 0.29) is 5.41 Å². The van der Waals surface area contributed by atoms with Gasteiger partial charge in [-0.05, 0) is 87.3 Å². The summed E-state index contributed by atoms with van der Waals surface area (Å²) in [5.41, 5.74) is 15.3. The van der Waals surface area contributed by atoms with Crippen LogP contribution in [-0.4, -0.2) is 4.57 Å². The monoisotopic (exact) mass is 674 g/mol. The van der Waals surface area contributed by atoms with E-state index in [1.807, 2.05) is 0 Å². The molecule has 1 heterocycles. The molecule has 1 spiro atoms. The molecule has 0 amide bonds. The first-order chi connectivity index (χ1) is 26.3. The highest BCUT2D eigenvalue weighted by Crippen LogP contribution is 2.71. The van der Waals surface area contributed by atoms with Gasteiger partial charge in [-0.25, -0.2) is 0 Å². The lowest BCUT2D eigenvalue weighted by Gasteiger charge is -2.64. The molecule has 0 aliphatic heterocycles. The van der Waals surface area contributed by atoms with Crippen LogP contribution >= 0.6 is 0 Å². The van der Waals surface area contributed by atoms with Crippen LogP contribution in [0, 0.1) is 11.8 Å². The van der Waals surface area contributed by atoms with Crippen molar-refractivity contribution >= 4 is 49.6 Å². The molecule has 12 rings (SSSR count). The molecule has 53 heavy (non-hydrogen) atoms. The van der Waals surface area contributed by atoms with Crippen LogP contribution in [0.3, 0.4) is 0 Å². The fourth-order valence-electron chi connectivity index (χ4n) is 10.3. The minimum absolute atomic E-state index is 0.0353. The van der Waals surface area contributed by atoms with E-state index >= 15 is 0 Å². The molecular weight excluding hydrogens is 641 g/mol. The van der Waals surface area contributed by atoms with Crippen molar-refractivity contribution in [2.24, 2.45) is 11.8 Å². The van der Waals surface area contributed by atoms with Crippen molar-refractivity contribution < 1.29 is 0 Å². The van der Waals surface area contributed by atoms with E-state index in [2.05, 4.69) is 204 Å². The number of hydrogen-bond donors (Lipinski definition) is 0. The number of allylic oxidation sites excluding steroid dienone is 8. The Hall–Kier alpha value is -6.64. The lowest BCUT2D eigenvalue weighted by atomic mass is 9.38. The minimum atomic E-state index is -0.0353. The van der Waals surface area contributed by atoms with Crippen molar-refractivity contribution in [3.05, 3.63) is 216 Å². The first-order valence-electron chi connectivity index (χ1n) is 18.7. The first-order valence-corrected chi connectivity index (χ1v) is 18.7. The Morgan fingerprint density at radius 1 is 0.528 bits per heavy atom. The molecule has 4 aliphatic carbocycles. The third-order valence-corrected chi connectivity index (χ3v) is 12.4. The van der Waals surface area contributed by atoms with Gasteiger partial charge < -0.3 is 9.47 Å². The second-order valence-electron chi connectivity index (χ2n) is 14.8. The van der Waals surface area contributed by atoms with Gasteiger partial charge in [-0.2, -0.15) is 0 Å². The highest BCUT2D eigenvalue weighted by atomic mass is 15.1. The number of para-hydroxylation sites is 2. The Labute approximate surface area is 308 Å². The molecule has 2 nitrogen and oxygen atoms in total.